The summed E-state index contributed by atoms with van der Waals surface area (Å²) >= 11 is 0. The third-order valence-electron chi connectivity index (χ3n) is 4.35. The van der Waals surface area contributed by atoms with Gasteiger partial charge in [0.05, 0.1) is 5.69 Å². The number of allylic oxidation sites excluding steroid dienone is 2. The molecule has 0 bridgehead atoms. The summed E-state index contributed by atoms with van der Waals surface area (Å²) in [6.45, 7) is 17.0. The van der Waals surface area contributed by atoms with Crippen LogP contribution in [0.15, 0.2) is 41.0 Å². The number of rotatable bonds is 4. The van der Waals surface area contributed by atoms with Crippen LogP contribution in [0, 0.1) is 41.5 Å². The quantitative estimate of drug-likeness (QED) is 0.622. The third-order valence-corrected chi connectivity index (χ3v) is 4.35. The lowest BCUT2D eigenvalue weighted by Gasteiger charge is -2.14. The highest BCUT2D eigenvalue weighted by atomic mass is 14.9. The zero-order valence-electron chi connectivity index (χ0n) is 16.8. The number of nitrogens with zero attached hydrogens (tertiary/aromatic N) is 1. The zero-order valence-corrected chi connectivity index (χ0v) is 16.8. The molecule has 0 amide bonds. The molecule has 25 heavy (non-hydrogen) atoms. The second-order valence-electron chi connectivity index (χ2n) is 7.23. The second-order valence-corrected chi connectivity index (χ2v) is 7.23. The lowest BCUT2D eigenvalue weighted by Crippen LogP contribution is -2.02. The van der Waals surface area contributed by atoms with Crippen molar-refractivity contribution in [3.05, 3.63) is 69.4 Å². The summed E-state index contributed by atoms with van der Waals surface area (Å²) in [7, 11) is 0. The van der Waals surface area contributed by atoms with Crippen LogP contribution in [0.4, 0.5) is 11.4 Å². The van der Waals surface area contributed by atoms with E-state index < -0.39 is 0 Å². The number of aliphatic imine (C=N–C) groups is 1. The van der Waals surface area contributed by atoms with Crippen LogP contribution in [0.1, 0.15) is 47.2 Å². The van der Waals surface area contributed by atoms with E-state index in [1.165, 1.54) is 39.1 Å². The van der Waals surface area contributed by atoms with Crippen LogP contribution in [0.5, 0.6) is 0 Å². The van der Waals surface area contributed by atoms with Gasteiger partial charge in [-0.2, -0.15) is 0 Å². The highest BCUT2D eigenvalue weighted by molar-refractivity contribution is 5.96. The fourth-order valence-corrected chi connectivity index (χ4v) is 3.48. The van der Waals surface area contributed by atoms with Crippen molar-refractivity contribution in [2.24, 2.45) is 4.99 Å². The van der Waals surface area contributed by atoms with Crippen LogP contribution in [0.3, 0.4) is 0 Å². The minimum atomic E-state index is 1.00. The molecule has 132 valence electrons. The molecule has 0 heterocycles. The first-order valence-electron chi connectivity index (χ1n) is 8.83. The largest absolute Gasteiger partial charge is 0.359 e. The minimum Gasteiger partial charge on any atom is -0.359 e. The van der Waals surface area contributed by atoms with Gasteiger partial charge >= 0.3 is 0 Å². The van der Waals surface area contributed by atoms with Crippen molar-refractivity contribution in [3.8, 4) is 0 Å². The van der Waals surface area contributed by atoms with Gasteiger partial charge in [-0.15, -0.1) is 0 Å². The molecular weight excluding hydrogens is 304 g/mol. The van der Waals surface area contributed by atoms with E-state index in [0.717, 1.165) is 17.1 Å². The van der Waals surface area contributed by atoms with E-state index in [4.69, 9.17) is 4.99 Å². The lowest BCUT2D eigenvalue weighted by molar-refractivity contribution is 1.27. The van der Waals surface area contributed by atoms with Gasteiger partial charge in [0, 0.05) is 17.1 Å². The van der Waals surface area contributed by atoms with Crippen molar-refractivity contribution in [3.63, 3.8) is 0 Å². The van der Waals surface area contributed by atoms with Crippen molar-refractivity contribution in [1.82, 2.24) is 0 Å². The van der Waals surface area contributed by atoms with Gasteiger partial charge in [0.25, 0.3) is 0 Å². The van der Waals surface area contributed by atoms with Gasteiger partial charge < -0.3 is 5.32 Å². The van der Waals surface area contributed by atoms with Gasteiger partial charge in [-0.3, -0.25) is 4.99 Å². The van der Waals surface area contributed by atoms with Crippen molar-refractivity contribution < 1.29 is 0 Å². The molecule has 0 aromatic heterocycles. The molecule has 0 fully saturated rings. The zero-order chi connectivity index (χ0) is 18.7. The number of hydrogen-bond acceptors (Lipinski definition) is 2. The highest BCUT2D eigenvalue weighted by Gasteiger charge is 2.05. The van der Waals surface area contributed by atoms with Gasteiger partial charge in [0.1, 0.15) is 0 Å². The number of hydrogen-bond donors (Lipinski definition) is 1. The minimum absolute atomic E-state index is 1.00. The fourth-order valence-electron chi connectivity index (χ4n) is 3.48. The summed E-state index contributed by atoms with van der Waals surface area (Å²) in [6, 6.07) is 8.80. The van der Waals surface area contributed by atoms with Crippen LogP contribution < -0.4 is 5.32 Å². The van der Waals surface area contributed by atoms with E-state index in [9.17, 15) is 0 Å². The summed E-state index contributed by atoms with van der Waals surface area (Å²) in [5.74, 6) is 0. The molecule has 0 atom stereocenters. The molecule has 0 aliphatic carbocycles. The van der Waals surface area contributed by atoms with Crippen molar-refractivity contribution in [2.45, 2.75) is 55.4 Å². The Morgan fingerprint density at radius 2 is 1.20 bits per heavy atom. The van der Waals surface area contributed by atoms with Crippen LogP contribution in [0.25, 0.3) is 0 Å². The Labute approximate surface area is 152 Å². The normalized spacial score (nSPS) is 12.5. The average molecular weight is 335 g/mol. The maximum atomic E-state index is 4.84. The molecule has 0 saturated heterocycles. The number of anilines is 1. The molecule has 0 aliphatic rings. The predicted octanol–water partition coefficient (Wildman–Crippen LogP) is 6.65. The maximum absolute atomic E-state index is 4.84. The van der Waals surface area contributed by atoms with E-state index in [1.54, 1.807) is 0 Å². The molecule has 0 saturated carbocycles. The van der Waals surface area contributed by atoms with Gasteiger partial charge in [0.2, 0.25) is 0 Å². The lowest BCUT2D eigenvalue weighted by atomic mass is 10.0. The van der Waals surface area contributed by atoms with E-state index in [-0.39, 0.29) is 0 Å². The molecule has 1 N–H and O–H groups in total. The molecule has 0 spiro atoms. The first-order valence-corrected chi connectivity index (χ1v) is 8.83. The van der Waals surface area contributed by atoms with E-state index >= 15 is 0 Å². The Kier molecular flexibility index (Phi) is 5.84. The summed E-state index contributed by atoms with van der Waals surface area (Å²) in [5, 5.41) is 3.54. The number of nitrogens with one attached hydrogen (secondary N) is 1. The summed E-state index contributed by atoms with van der Waals surface area (Å²) in [6.07, 6.45) is 2.11. The van der Waals surface area contributed by atoms with Crippen LogP contribution in [0.2, 0.25) is 0 Å². The number of benzene rings is 2. The van der Waals surface area contributed by atoms with Crippen molar-refractivity contribution in [2.75, 3.05) is 5.32 Å². The van der Waals surface area contributed by atoms with Gasteiger partial charge in [-0.25, -0.2) is 0 Å². The van der Waals surface area contributed by atoms with E-state index in [2.05, 4.69) is 91.0 Å². The molecule has 2 aromatic rings. The Morgan fingerprint density at radius 1 is 0.760 bits per heavy atom. The standard InChI is InChI=1S/C23H30N2/c1-14-9-16(3)22(17(4)10-14)24-20(7)13-21(8)25-23-18(5)11-15(2)12-19(23)6/h9-13,24H,1-8H3. The van der Waals surface area contributed by atoms with Crippen LogP contribution in [-0.2, 0) is 0 Å². The monoisotopic (exact) mass is 334 g/mol. The van der Waals surface area contributed by atoms with Gasteiger partial charge in [-0.05, 0) is 83.7 Å². The number of aryl methyl sites for hydroxylation is 6. The first-order chi connectivity index (χ1) is 11.7. The van der Waals surface area contributed by atoms with Crippen LogP contribution >= 0.6 is 0 Å². The van der Waals surface area contributed by atoms with E-state index in [1.807, 2.05) is 0 Å². The summed E-state index contributed by atoms with van der Waals surface area (Å²) < 4.78 is 0. The molecule has 0 aliphatic heterocycles. The maximum Gasteiger partial charge on any atom is 0.0691 e. The van der Waals surface area contributed by atoms with Crippen LogP contribution in [-0.4, -0.2) is 5.71 Å². The first kappa shape index (κ1) is 19.0. The third kappa shape index (κ3) is 4.82. The van der Waals surface area contributed by atoms with Crippen molar-refractivity contribution >= 4 is 17.1 Å². The van der Waals surface area contributed by atoms with Gasteiger partial charge in [-0.1, -0.05) is 35.4 Å². The Hall–Kier alpha value is -2.35. The summed E-state index contributed by atoms with van der Waals surface area (Å²) in [4.78, 5) is 4.84. The molecular formula is C23H30N2. The molecule has 2 nitrogen and oxygen atoms in total. The molecule has 2 rings (SSSR count). The Balaban J connectivity index is 2.28. The Morgan fingerprint density at radius 3 is 1.68 bits per heavy atom. The second kappa shape index (κ2) is 7.69. The topological polar surface area (TPSA) is 24.4 Å². The predicted molar refractivity (Wildman–Crippen MR) is 111 cm³/mol. The SMILES string of the molecule is CC(=CC(C)=Nc1c(C)cc(C)cc1C)Nc1c(C)cc(C)cc1C. The molecule has 0 unspecified atom stereocenters. The van der Waals surface area contributed by atoms with Crippen molar-refractivity contribution in [1.29, 1.82) is 0 Å². The Bertz CT molecular complexity index is 808. The van der Waals surface area contributed by atoms with Gasteiger partial charge in [0.15, 0.2) is 0 Å². The summed E-state index contributed by atoms with van der Waals surface area (Å²) in [5.41, 5.74) is 11.9. The smallest absolute Gasteiger partial charge is 0.0691 e. The molecule has 0 radical (unpaired) electrons. The van der Waals surface area contributed by atoms with E-state index in [0.29, 0.717) is 0 Å². The fraction of sp³-hybridized carbons (Fsp3) is 0.348. The molecule has 2 heteroatoms. The highest BCUT2D eigenvalue weighted by Crippen LogP contribution is 2.26. The molecule has 2 aromatic carbocycles. The average Bonchev–Trinajstić information content (AvgIpc) is 2.46.